The van der Waals surface area contributed by atoms with Gasteiger partial charge in [0.25, 0.3) is 5.91 Å². The van der Waals surface area contributed by atoms with Gasteiger partial charge < -0.3 is 15.4 Å². The van der Waals surface area contributed by atoms with E-state index in [0.29, 0.717) is 17.9 Å². The lowest BCUT2D eigenvalue weighted by atomic mass is 10.1. The van der Waals surface area contributed by atoms with Crippen LogP contribution in [0.25, 0.3) is 0 Å². The van der Waals surface area contributed by atoms with Crippen molar-refractivity contribution in [2.45, 2.75) is 32.4 Å². The number of ether oxygens (including phenoxy) is 1. The number of amides is 1. The highest BCUT2D eigenvalue weighted by molar-refractivity contribution is 5.97. The Morgan fingerprint density at radius 1 is 1.50 bits per heavy atom. The third-order valence-electron chi connectivity index (χ3n) is 3.49. The molecular weight excluding hydrogens is 228 g/mol. The quantitative estimate of drug-likeness (QED) is 0.885. The van der Waals surface area contributed by atoms with E-state index in [1.165, 1.54) is 0 Å². The van der Waals surface area contributed by atoms with Gasteiger partial charge in [0.05, 0.1) is 12.2 Å². The third kappa shape index (κ3) is 2.34. The van der Waals surface area contributed by atoms with Gasteiger partial charge in [0, 0.05) is 18.6 Å². The molecule has 0 spiro atoms. The summed E-state index contributed by atoms with van der Waals surface area (Å²) >= 11 is 0. The average molecular weight is 248 g/mol. The molecule has 1 saturated heterocycles. The van der Waals surface area contributed by atoms with E-state index in [9.17, 15) is 4.79 Å². The Bertz CT molecular complexity index is 434. The monoisotopic (exact) mass is 248 g/mol. The molecule has 98 valence electrons. The number of benzene rings is 1. The molecule has 0 saturated carbocycles. The summed E-state index contributed by atoms with van der Waals surface area (Å²) in [5, 5.41) is 0. The summed E-state index contributed by atoms with van der Waals surface area (Å²) < 4.78 is 5.50. The largest absolute Gasteiger partial charge is 0.493 e. The number of para-hydroxylation sites is 1. The second-order valence-corrected chi connectivity index (χ2v) is 4.62. The second kappa shape index (κ2) is 5.40. The molecule has 0 bridgehead atoms. The third-order valence-corrected chi connectivity index (χ3v) is 3.49. The molecule has 1 aliphatic rings. The summed E-state index contributed by atoms with van der Waals surface area (Å²) in [6, 6.07) is 7.54. The number of hydrogen-bond acceptors (Lipinski definition) is 3. The highest BCUT2D eigenvalue weighted by Gasteiger charge is 2.32. The van der Waals surface area contributed by atoms with Crippen LogP contribution in [-0.2, 0) is 0 Å². The van der Waals surface area contributed by atoms with Crippen molar-refractivity contribution in [2.75, 3.05) is 13.2 Å². The maximum absolute atomic E-state index is 12.5. The molecule has 1 aromatic carbocycles. The summed E-state index contributed by atoms with van der Waals surface area (Å²) in [5.41, 5.74) is 6.58. The van der Waals surface area contributed by atoms with E-state index >= 15 is 0 Å². The van der Waals surface area contributed by atoms with Gasteiger partial charge in [-0.1, -0.05) is 12.1 Å². The first-order valence-electron chi connectivity index (χ1n) is 6.43. The number of carbonyl (C=O) groups excluding carboxylic acids is 1. The maximum atomic E-state index is 12.5. The van der Waals surface area contributed by atoms with Crippen LogP contribution in [0.4, 0.5) is 0 Å². The number of nitrogens with zero attached hydrogens (tertiary/aromatic N) is 1. The normalized spacial score (nSPS) is 23.2. The van der Waals surface area contributed by atoms with E-state index in [-0.39, 0.29) is 18.0 Å². The number of likely N-dealkylation sites (tertiary alicyclic amines) is 1. The van der Waals surface area contributed by atoms with E-state index in [0.717, 1.165) is 13.0 Å². The molecule has 1 fully saturated rings. The van der Waals surface area contributed by atoms with Crippen molar-refractivity contribution in [2.24, 2.45) is 5.73 Å². The van der Waals surface area contributed by atoms with E-state index in [1.54, 1.807) is 0 Å². The fourth-order valence-electron chi connectivity index (χ4n) is 2.33. The minimum atomic E-state index is 0.0134. The fourth-order valence-corrected chi connectivity index (χ4v) is 2.33. The van der Waals surface area contributed by atoms with Gasteiger partial charge in [-0.2, -0.15) is 0 Å². The Kier molecular flexibility index (Phi) is 3.87. The predicted octanol–water partition coefficient (Wildman–Crippen LogP) is 1.65. The zero-order chi connectivity index (χ0) is 13.1. The molecule has 1 aromatic rings. The lowest BCUT2D eigenvalue weighted by Crippen LogP contribution is -2.40. The van der Waals surface area contributed by atoms with Gasteiger partial charge >= 0.3 is 0 Å². The fraction of sp³-hybridized carbons (Fsp3) is 0.500. The Labute approximate surface area is 108 Å². The van der Waals surface area contributed by atoms with Crippen molar-refractivity contribution in [3.05, 3.63) is 29.8 Å². The summed E-state index contributed by atoms with van der Waals surface area (Å²) in [7, 11) is 0. The first-order chi connectivity index (χ1) is 8.65. The van der Waals surface area contributed by atoms with Crippen molar-refractivity contribution < 1.29 is 9.53 Å². The standard InChI is InChI=1S/C14H20N2O2/c1-3-18-13-7-5-4-6-11(13)14(17)16-9-8-12(15)10(16)2/h4-7,10,12H,3,8-9,15H2,1-2H3. The number of hydrogen-bond donors (Lipinski definition) is 1. The van der Waals surface area contributed by atoms with Crippen LogP contribution in [0.15, 0.2) is 24.3 Å². The van der Waals surface area contributed by atoms with Gasteiger partial charge in [-0.05, 0) is 32.4 Å². The molecular formula is C14H20N2O2. The van der Waals surface area contributed by atoms with Crippen LogP contribution < -0.4 is 10.5 Å². The topological polar surface area (TPSA) is 55.6 Å². The summed E-state index contributed by atoms with van der Waals surface area (Å²) in [6.45, 7) is 5.19. The Morgan fingerprint density at radius 3 is 2.83 bits per heavy atom. The molecule has 4 nitrogen and oxygen atoms in total. The van der Waals surface area contributed by atoms with Crippen LogP contribution >= 0.6 is 0 Å². The van der Waals surface area contributed by atoms with Crippen LogP contribution in [-0.4, -0.2) is 36.0 Å². The van der Waals surface area contributed by atoms with Crippen LogP contribution in [0.3, 0.4) is 0 Å². The Hall–Kier alpha value is -1.55. The van der Waals surface area contributed by atoms with E-state index < -0.39 is 0 Å². The van der Waals surface area contributed by atoms with Crippen LogP contribution in [0.1, 0.15) is 30.6 Å². The highest BCUT2D eigenvalue weighted by atomic mass is 16.5. The van der Waals surface area contributed by atoms with E-state index in [2.05, 4.69) is 0 Å². The Morgan fingerprint density at radius 2 is 2.22 bits per heavy atom. The molecule has 1 heterocycles. The zero-order valence-electron chi connectivity index (χ0n) is 10.9. The molecule has 2 atom stereocenters. The summed E-state index contributed by atoms with van der Waals surface area (Å²) in [5.74, 6) is 0.664. The minimum Gasteiger partial charge on any atom is -0.493 e. The van der Waals surface area contributed by atoms with Gasteiger partial charge in [0.1, 0.15) is 5.75 Å². The molecule has 0 aliphatic carbocycles. The van der Waals surface area contributed by atoms with Gasteiger partial charge in [-0.25, -0.2) is 0 Å². The minimum absolute atomic E-state index is 0.0134. The van der Waals surface area contributed by atoms with Gasteiger partial charge in [0.15, 0.2) is 0 Å². The zero-order valence-corrected chi connectivity index (χ0v) is 10.9. The molecule has 0 radical (unpaired) electrons. The Balaban J connectivity index is 2.23. The van der Waals surface area contributed by atoms with Crippen molar-refractivity contribution in [3.8, 4) is 5.75 Å². The molecule has 2 N–H and O–H groups in total. The molecule has 1 aliphatic heterocycles. The average Bonchev–Trinajstić information content (AvgIpc) is 2.70. The molecule has 0 aromatic heterocycles. The molecule has 1 amide bonds. The molecule has 2 unspecified atom stereocenters. The first kappa shape index (κ1) is 12.9. The van der Waals surface area contributed by atoms with E-state index in [1.807, 2.05) is 43.0 Å². The lowest BCUT2D eigenvalue weighted by Gasteiger charge is -2.24. The van der Waals surface area contributed by atoms with Crippen LogP contribution in [0.2, 0.25) is 0 Å². The van der Waals surface area contributed by atoms with Crippen molar-refractivity contribution in [1.29, 1.82) is 0 Å². The second-order valence-electron chi connectivity index (χ2n) is 4.62. The maximum Gasteiger partial charge on any atom is 0.257 e. The summed E-state index contributed by atoms with van der Waals surface area (Å²) in [4.78, 5) is 14.3. The molecule has 4 heteroatoms. The summed E-state index contributed by atoms with van der Waals surface area (Å²) in [6.07, 6.45) is 0.865. The SMILES string of the molecule is CCOc1ccccc1C(=O)N1CCC(N)C1C. The number of carbonyl (C=O) groups is 1. The number of nitrogens with two attached hydrogens (primary N) is 1. The van der Waals surface area contributed by atoms with Crippen molar-refractivity contribution >= 4 is 5.91 Å². The van der Waals surface area contributed by atoms with Gasteiger partial charge in [-0.15, -0.1) is 0 Å². The van der Waals surface area contributed by atoms with Crippen molar-refractivity contribution in [3.63, 3.8) is 0 Å². The van der Waals surface area contributed by atoms with Gasteiger partial charge in [0.2, 0.25) is 0 Å². The van der Waals surface area contributed by atoms with Crippen LogP contribution in [0.5, 0.6) is 5.75 Å². The highest BCUT2D eigenvalue weighted by Crippen LogP contribution is 2.24. The molecule has 18 heavy (non-hydrogen) atoms. The van der Waals surface area contributed by atoms with Crippen LogP contribution in [0, 0.1) is 0 Å². The number of rotatable bonds is 3. The first-order valence-corrected chi connectivity index (χ1v) is 6.43. The lowest BCUT2D eigenvalue weighted by molar-refractivity contribution is 0.0738. The smallest absolute Gasteiger partial charge is 0.257 e. The van der Waals surface area contributed by atoms with Crippen molar-refractivity contribution in [1.82, 2.24) is 4.90 Å². The van der Waals surface area contributed by atoms with Gasteiger partial charge in [-0.3, -0.25) is 4.79 Å². The molecule has 2 rings (SSSR count). The predicted molar refractivity (Wildman–Crippen MR) is 70.7 cm³/mol. The van der Waals surface area contributed by atoms with E-state index in [4.69, 9.17) is 10.5 Å².